The monoisotopic (exact) mass is 460 g/mol. The number of hydrogen-bond acceptors (Lipinski definition) is 6. The van der Waals surface area contributed by atoms with Gasteiger partial charge >= 0.3 is 0 Å². The summed E-state index contributed by atoms with van der Waals surface area (Å²) >= 11 is 0. The minimum absolute atomic E-state index is 0.000720. The van der Waals surface area contributed by atoms with E-state index in [-0.39, 0.29) is 17.5 Å². The number of fused-ring (bicyclic) bond motifs is 1. The number of nitrogens with one attached hydrogen (secondary N) is 1. The molecule has 2 aromatic heterocycles. The first-order chi connectivity index (χ1) is 16.4. The van der Waals surface area contributed by atoms with Crippen molar-refractivity contribution in [3.8, 4) is 0 Å². The summed E-state index contributed by atoms with van der Waals surface area (Å²) < 4.78 is 1.53. The Morgan fingerprint density at radius 3 is 2.44 bits per heavy atom. The van der Waals surface area contributed by atoms with Gasteiger partial charge in [0.2, 0.25) is 11.9 Å². The molecule has 1 saturated heterocycles. The van der Waals surface area contributed by atoms with Gasteiger partial charge in [0.1, 0.15) is 5.65 Å². The van der Waals surface area contributed by atoms with E-state index >= 15 is 0 Å². The molecule has 1 aliphatic heterocycles. The molecule has 4 rings (SSSR count). The van der Waals surface area contributed by atoms with Crippen LogP contribution in [0.1, 0.15) is 43.5 Å². The summed E-state index contributed by atoms with van der Waals surface area (Å²) in [7, 11) is 1.71. The number of nitrogens with zero attached hydrogens (tertiary/aromatic N) is 5. The second-order valence-electron chi connectivity index (χ2n) is 8.73. The molecule has 1 aromatic carbocycles. The summed E-state index contributed by atoms with van der Waals surface area (Å²) in [5.41, 5.74) is 2.91. The van der Waals surface area contributed by atoms with E-state index in [1.807, 2.05) is 4.90 Å². The standard InChI is InChI=1S/C26H32N6O2/c1-5-22(31-13-15-32(16-14-31)23(33)6-2)20-9-7-19(8-10-20)18(3)28-26-27-17-21-11-12-24(34)30(4)25(21)29-26/h6-12,17-18,22H,2,5,13-16H2,1,3-4H3,(H,27,28,29). The fourth-order valence-corrected chi connectivity index (χ4v) is 4.59. The molecule has 178 valence electrons. The molecule has 1 N–H and O–H groups in total. The van der Waals surface area contributed by atoms with Gasteiger partial charge in [-0.05, 0) is 36.6 Å². The van der Waals surface area contributed by atoms with Crippen molar-refractivity contribution in [3.63, 3.8) is 0 Å². The number of anilines is 1. The molecule has 0 bridgehead atoms. The van der Waals surface area contributed by atoms with Gasteiger partial charge in [0, 0.05) is 56.9 Å². The average Bonchev–Trinajstić information content (AvgIpc) is 2.87. The van der Waals surface area contributed by atoms with Crippen molar-refractivity contribution in [3.05, 3.63) is 76.7 Å². The fraction of sp³-hybridized carbons (Fsp3) is 0.385. The molecule has 0 saturated carbocycles. The lowest BCUT2D eigenvalue weighted by molar-refractivity contribution is -0.128. The Morgan fingerprint density at radius 2 is 1.79 bits per heavy atom. The molecular formula is C26H32N6O2. The van der Waals surface area contributed by atoms with Crippen LogP contribution in [0.25, 0.3) is 11.0 Å². The molecule has 0 aliphatic carbocycles. The Bertz CT molecular complexity index is 1230. The van der Waals surface area contributed by atoms with Crippen LogP contribution in [0.2, 0.25) is 0 Å². The first kappa shape index (κ1) is 23.6. The van der Waals surface area contributed by atoms with E-state index in [0.717, 1.165) is 43.5 Å². The Labute approximate surface area is 199 Å². The van der Waals surface area contributed by atoms with Crippen molar-refractivity contribution in [2.45, 2.75) is 32.4 Å². The largest absolute Gasteiger partial charge is 0.348 e. The molecule has 8 nitrogen and oxygen atoms in total. The summed E-state index contributed by atoms with van der Waals surface area (Å²) in [5.74, 6) is 0.500. The minimum atomic E-state index is -0.0972. The molecule has 8 heteroatoms. The van der Waals surface area contributed by atoms with Gasteiger partial charge < -0.3 is 10.2 Å². The maximum atomic E-state index is 11.9. The van der Waals surface area contributed by atoms with Crippen molar-refractivity contribution in [1.82, 2.24) is 24.3 Å². The highest BCUT2D eigenvalue weighted by atomic mass is 16.2. The van der Waals surface area contributed by atoms with Crippen LogP contribution in [-0.2, 0) is 11.8 Å². The van der Waals surface area contributed by atoms with Crippen LogP contribution < -0.4 is 10.9 Å². The highest BCUT2D eigenvalue weighted by Gasteiger charge is 2.25. The number of hydrogen-bond donors (Lipinski definition) is 1. The second kappa shape index (κ2) is 10.2. The third-order valence-corrected chi connectivity index (χ3v) is 6.64. The molecule has 2 atom stereocenters. The van der Waals surface area contributed by atoms with Crippen molar-refractivity contribution in [2.75, 3.05) is 31.5 Å². The average molecular weight is 461 g/mol. The quantitative estimate of drug-likeness (QED) is 0.545. The number of aryl methyl sites for hydroxylation is 1. The zero-order valence-corrected chi connectivity index (χ0v) is 20.1. The lowest BCUT2D eigenvalue weighted by atomic mass is 9.98. The fourth-order valence-electron chi connectivity index (χ4n) is 4.59. The minimum Gasteiger partial charge on any atom is -0.348 e. The third-order valence-electron chi connectivity index (χ3n) is 6.64. The first-order valence-corrected chi connectivity index (χ1v) is 11.8. The van der Waals surface area contributed by atoms with Crippen LogP contribution >= 0.6 is 0 Å². The van der Waals surface area contributed by atoms with Crippen molar-refractivity contribution >= 4 is 22.9 Å². The molecule has 1 aliphatic rings. The molecular weight excluding hydrogens is 428 g/mol. The number of piperazine rings is 1. The molecule has 0 spiro atoms. The molecule has 3 aromatic rings. The SMILES string of the molecule is C=CC(=O)N1CCN(C(CC)c2ccc(C(C)Nc3ncc4ccc(=O)n(C)c4n3)cc2)CC1. The van der Waals surface area contributed by atoms with E-state index in [4.69, 9.17) is 0 Å². The van der Waals surface area contributed by atoms with E-state index in [1.165, 1.54) is 22.3 Å². The van der Waals surface area contributed by atoms with Gasteiger partial charge in [0.05, 0.1) is 6.04 Å². The molecule has 1 amide bonds. The Morgan fingerprint density at radius 1 is 1.12 bits per heavy atom. The number of carbonyl (C=O) groups is 1. The number of benzene rings is 1. The maximum Gasteiger partial charge on any atom is 0.251 e. The Hall–Kier alpha value is -3.52. The summed E-state index contributed by atoms with van der Waals surface area (Å²) in [4.78, 5) is 37.1. The van der Waals surface area contributed by atoms with E-state index in [9.17, 15) is 9.59 Å². The van der Waals surface area contributed by atoms with Crippen molar-refractivity contribution < 1.29 is 4.79 Å². The molecule has 2 unspecified atom stereocenters. The first-order valence-electron chi connectivity index (χ1n) is 11.8. The zero-order chi connectivity index (χ0) is 24.2. The summed E-state index contributed by atoms with van der Waals surface area (Å²) in [5, 5.41) is 4.17. The number of aromatic nitrogens is 3. The van der Waals surface area contributed by atoms with Gasteiger partial charge in [-0.2, -0.15) is 4.98 Å². The van der Waals surface area contributed by atoms with Crippen LogP contribution in [0.3, 0.4) is 0 Å². The molecule has 3 heterocycles. The van der Waals surface area contributed by atoms with Gasteiger partial charge in [-0.1, -0.05) is 37.8 Å². The van der Waals surface area contributed by atoms with Crippen molar-refractivity contribution in [1.29, 1.82) is 0 Å². The normalized spacial score (nSPS) is 16.3. The van der Waals surface area contributed by atoms with Crippen LogP contribution in [-0.4, -0.2) is 56.4 Å². The lowest BCUT2D eigenvalue weighted by Crippen LogP contribution is -2.49. The molecule has 0 radical (unpaired) electrons. The number of amides is 1. The number of carbonyl (C=O) groups excluding carboxylic acids is 1. The summed E-state index contributed by atoms with van der Waals surface area (Å²) in [6, 6.07) is 12.2. The highest BCUT2D eigenvalue weighted by molar-refractivity contribution is 5.87. The molecule has 1 fully saturated rings. The van der Waals surface area contributed by atoms with Crippen LogP contribution in [0, 0.1) is 0 Å². The van der Waals surface area contributed by atoms with E-state index in [2.05, 4.69) is 64.9 Å². The van der Waals surface area contributed by atoms with Gasteiger partial charge in [-0.3, -0.25) is 19.1 Å². The predicted molar refractivity (Wildman–Crippen MR) is 135 cm³/mol. The summed E-state index contributed by atoms with van der Waals surface area (Å²) in [6.07, 6.45) is 4.13. The lowest BCUT2D eigenvalue weighted by Gasteiger charge is -2.39. The van der Waals surface area contributed by atoms with Crippen LogP contribution in [0.4, 0.5) is 5.95 Å². The number of rotatable bonds is 7. The van der Waals surface area contributed by atoms with E-state index in [0.29, 0.717) is 17.6 Å². The van der Waals surface area contributed by atoms with Gasteiger partial charge in [0.25, 0.3) is 5.56 Å². The maximum absolute atomic E-state index is 11.9. The Kier molecular flexibility index (Phi) is 7.07. The van der Waals surface area contributed by atoms with Gasteiger partial charge in [0.15, 0.2) is 0 Å². The van der Waals surface area contributed by atoms with Gasteiger partial charge in [-0.15, -0.1) is 0 Å². The van der Waals surface area contributed by atoms with Crippen LogP contribution in [0.5, 0.6) is 0 Å². The van der Waals surface area contributed by atoms with E-state index < -0.39 is 0 Å². The highest BCUT2D eigenvalue weighted by Crippen LogP contribution is 2.27. The second-order valence-corrected chi connectivity index (χ2v) is 8.73. The zero-order valence-electron chi connectivity index (χ0n) is 20.1. The van der Waals surface area contributed by atoms with Crippen LogP contribution in [0.15, 0.2) is 60.0 Å². The van der Waals surface area contributed by atoms with Crippen molar-refractivity contribution in [2.24, 2.45) is 7.05 Å². The summed E-state index contributed by atoms with van der Waals surface area (Å²) in [6.45, 7) is 11.1. The van der Waals surface area contributed by atoms with Gasteiger partial charge in [-0.25, -0.2) is 4.98 Å². The topological polar surface area (TPSA) is 83.4 Å². The smallest absolute Gasteiger partial charge is 0.251 e. The Balaban J connectivity index is 1.44. The predicted octanol–water partition coefficient (Wildman–Crippen LogP) is 3.28. The van der Waals surface area contributed by atoms with E-state index in [1.54, 1.807) is 19.3 Å². The third kappa shape index (κ3) is 4.87. The molecule has 34 heavy (non-hydrogen) atoms. The number of pyridine rings is 1.